The van der Waals surface area contributed by atoms with Crippen molar-refractivity contribution in [2.75, 3.05) is 5.75 Å². The zero-order valence-electron chi connectivity index (χ0n) is 17.7. The van der Waals surface area contributed by atoms with Crippen molar-refractivity contribution >= 4 is 51.6 Å². The van der Waals surface area contributed by atoms with Crippen molar-refractivity contribution in [1.82, 2.24) is 29.1 Å². The molecule has 4 heterocycles. The van der Waals surface area contributed by atoms with Crippen LogP contribution in [0.5, 0.6) is 0 Å². The van der Waals surface area contributed by atoms with Crippen LogP contribution in [0.3, 0.4) is 0 Å². The molecule has 0 aliphatic heterocycles. The Morgan fingerprint density at radius 2 is 1.79 bits per heavy atom. The first-order valence-corrected chi connectivity index (χ1v) is 11.8. The number of rotatable bonds is 4. The van der Waals surface area contributed by atoms with Crippen molar-refractivity contribution < 1.29 is 13.2 Å². The maximum atomic E-state index is 13.2. The van der Waals surface area contributed by atoms with Gasteiger partial charge in [-0.2, -0.15) is 18.3 Å². The number of halogens is 5. The van der Waals surface area contributed by atoms with E-state index >= 15 is 0 Å². The van der Waals surface area contributed by atoms with E-state index in [1.54, 1.807) is 46.6 Å². The largest absolute Gasteiger partial charge is 0.433 e. The number of benzene rings is 1. The van der Waals surface area contributed by atoms with Gasteiger partial charge >= 0.3 is 6.18 Å². The van der Waals surface area contributed by atoms with Crippen LogP contribution < -0.4 is 0 Å². The minimum absolute atomic E-state index is 0.185. The van der Waals surface area contributed by atoms with Crippen LogP contribution in [0.2, 0.25) is 10.0 Å². The second-order valence-corrected chi connectivity index (χ2v) is 9.51. The van der Waals surface area contributed by atoms with Crippen LogP contribution in [0.4, 0.5) is 13.2 Å². The molecular weight excluding hydrogens is 508 g/mol. The van der Waals surface area contributed by atoms with Crippen molar-refractivity contribution in [3.8, 4) is 22.6 Å². The van der Waals surface area contributed by atoms with Gasteiger partial charge in [-0.1, -0.05) is 30.1 Å². The molecule has 0 aliphatic carbocycles. The molecule has 5 rings (SSSR count). The Kier molecular flexibility index (Phi) is 5.70. The first kappa shape index (κ1) is 22.9. The molecule has 0 unspecified atom stereocenters. The van der Waals surface area contributed by atoms with Crippen LogP contribution in [0, 0.1) is 0 Å². The van der Waals surface area contributed by atoms with Gasteiger partial charge in [0.2, 0.25) is 0 Å². The van der Waals surface area contributed by atoms with Gasteiger partial charge in [0.1, 0.15) is 16.5 Å². The molecule has 0 saturated heterocycles. The zero-order valence-corrected chi connectivity index (χ0v) is 20.1. The van der Waals surface area contributed by atoms with E-state index in [-0.39, 0.29) is 5.52 Å². The molecule has 0 atom stereocenters. The summed E-state index contributed by atoms with van der Waals surface area (Å²) >= 11 is 13.9. The van der Waals surface area contributed by atoms with Gasteiger partial charge in [-0.15, -0.1) is 11.8 Å². The lowest BCUT2D eigenvalue weighted by molar-refractivity contribution is -0.141. The molecule has 174 valence electrons. The Labute approximate surface area is 205 Å². The summed E-state index contributed by atoms with van der Waals surface area (Å²) in [4.78, 5) is 12.6. The Morgan fingerprint density at radius 3 is 2.47 bits per heavy atom. The molecule has 0 saturated carbocycles. The average molecular weight is 523 g/mol. The summed E-state index contributed by atoms with van der Waals surface area (Å²) in [6.45, 7) is 1.98. The zero-order chi connectivity index (χ0) is 24.2. The first-order chi connectivity index (χ1) is 16.2. The van der Waals surface area contributed by atoms with Crippen LogP contribution in [0.15, 0.2) is 47.8 Å². The third kappa shape index (κ3) is 3.89. The third-order valence-corrected chi connectivity index (χ3v) is 6.49. The van der Waals surface area contributed by atoms with Gasteiger partial charge < -0.3 is 4.57 Å². The number of thioether (sulfide) groups is 1. The van der Waals surface area contributed by atoms with E-state index in [2.05, 4.69) is 15.0 Å². The van der Waals surface area contributed by atoms with Crippen LogP contribution in [-0.4, -0.2) is 34.9 Å². The highest BCUT2D eigenvalue weighted by atomic mass is 35.5. The summed E-state index contributed by atoms with van der Waals surface area (Å²) in [5.41, 5.74) is 2.23. The third-order valence-electron chi connectivity index (χ3n) is 5.21. The monoisotopic (exact) mass is 522 g/mol. The molecule has 0 fully saturated rings. The lowest BCUT2D eigenvalue weighted by atomic mass is 10.1. The number of pyridine rings is 1. The molecule has 5 aromatic rings. The van der Waals surface area contributed by atoms with Crippen molar-refractivity contribution in [2.24, 2.45) is 7.05 Å². The molecule has 0 radical (unpaired) electrons. The summed E-state index contributed by atoms with van der Waals surface area (Å²) in [7, 11) is 1.73. The normalized spacial score (nSPS) is 12.2. The van der Waals surface area contributed by atoms with Gasteiger partial charge in [0.25, 0.3) is 0 Å². The molecular formula is C22H15Cl2F3N6S. The van der Waals surface area contributed by atoms with Crippen molar-refractivity contribution in [1.29, 1.82) is 0 Å². The maximum absolute atomic E-state index is 13.2. The van der Waals surface area contributed by atoms with Crippen molar-refractivity contribution in [3.63, 3.8) is 0 Å². The number of hydrogen-bond acceptors (Lipinski definition) is 5. The number of alkyl halides is 3. The molecule has 0 aliphatic rings. The van der Waals surface area contributed by atoms with Gasteiger partial charge in [-0.3, -0.25) is 0 Å². The van der Waals surface area contributed by atoms with E-state index in [0.717, 1.165) is 17.4 Å². The fourth-order valence-electron chi connectivity index (χ4n) is 3.75. The maximum Gasteiger partial charge on any atom is 0.433 e. The standard InChI is InChI=1S/C22H15Cl2F3N6S/c1-3-34-21-18(20-30-14-9-17(22(25,26)27)29-10-16(14)32(20)2)19-28-5-4-15(33(19)31-21)11-6-12(23)8-13(24)7-11/h4-10H,3H2,1-2H3. The molecule has 34 heavy (non-hydrogen) atoms. The van der Waals surface area contributed by atoms with E-state index in [1.807, 2.05) is 6.92 Å². The van der Waals surface area contributed by atoms with Crippen LogP contribution in [-0.2, 0) is 13.2 Å². The number of aryl methyl sites for hydroxylation is 1. The van der Waals surface area contributed by atoms with Gasteiger partial charge in [0.15, 0.2) is 5.65 Å². The second kappa shape index (κ2) is 8.44. The van der Waals surface area contributed by atoms with E-state index in [4.69, 9.17) is 28.3 Å². The van der Waals surface area contributed by atoms with Crippen LogP contribution in [0.1, 0.15) is 12.6 Å². The first-order valence-electron chi connectivity index (χ1n) is 10.0. The minimum atomic E-state index is -4.56. The molecule has 0 bridgehead atoms. The number of fused-ring (bicyclic) bond motifs is 2. The molecule has 0 amide bonds. The summed E-state index contributed by atoms with van der Waals surface area (Å²) in [6, 6.07) is 7.93. The Balaban J connectivity index is 1.78. The average Bonchev–Trinajstić information content (AvgIpc) is 3.29. The predicted molar refractivity (Wildman–Crippen MR) is 127 cm³/mol. The Morgan fingerprint density at radius 1 is 1.06 bits per heavy atom. The number of imidazole rings is 1. The molecule has 1 aromatic carbocycles. The fraction of sp³-hybridized carbons (Fsp3) is 0.182. The van der Waals surface area contributed by atoms with Gasteiger partial charge in [-0.05, 0) is 36.1 Å². The van der Waals surface area contributed by atoms with Crippen LogP contribution in [0.25, 0.3) is 39.3 Å². The summed E-state index contributed by atoms with van der Waals surface area (Å²) in [5.74, 6) is 1.16. The summed E-state index contributed by atoms with van der Waals surface area (Å²) in [5, 5.41) is 6.37. The molecule has 4 aromatic heterocycles. The second-order valence-electron chi connectivity index (χ2n) is 7.39. The number of aromatic nitrogens is 6. The van der Waals surface area contributed by atoms with Crippen molar-refractivity contribution in [2.45, 2.75) is 18.1 Å². The quantitative estimate of drug-likeness (QED) is 0.243. The van der Waals surface area contributed by atoms with Crippen LogP contribution >= 0.6 is 35.0 Å². The lowest BCUT2D eigenvalue weighted by Gasteiger charge is -2.06. The van der Waals surface area contributed by atoms with E-state index in [1.165, 1.54) is 18.0 Å². The SMILES string of the molecule is CCSc1nn2c(-c3cc(Cl)cc(Cl)c3)ccnc2c1-c1nc2cc(C(F)(F)F)ncc2n1C. The molecule has 12 heteroatoms. The Hall–Kier alpha value is -2.82. The highest BCUT2D eigenvalue weighted by Crippen LogP contribution is 2.37. The smallest absolute Gasteiger partial charge is 0.326 e. The fourth-order valence-corrected chi connectivity index (χ4v) is 5.01. The number of hydrogen-bond donors (Lipinski definition) is 0. The van der Waals surface area contributed by atoms with Crippen molar-refractivity contribution in [3.05, 3.63) is 58.5 Å². The van der Waals surface area contributed by atoms with E-state index in [9.17, 15) is 13.2 Å². The van der Waals surface area contributed by atoms with E-state index in [0.29, 0.717) is 43.3 Å². The highest BCUT2D eigenvalue weighted by molar-refractivity contribution is 7.99. The van der Waals surface area contributed by atoms with Gasteiger partial charge in [0.05, 0.1) is 28.5 Å². The molecule has 0 spiro atoms. The predicted octanol–water partition coefficient (Wildman–Crippen LogP) is 6.78. The molecule has 6 nitrogen and oxygen atoms in total. The Bertz CT molecular complexity index is 1540. The van der Waals surface area contributed by atoms with E-state index < -0.39 is 11.9 Å². The number of nitrogens with zero attached hydrogens (tertiary/aromatic N) is 6. The van der Waals surface area contributed by atoms with Gasteiger partial charge in [-0.25, -0.2) is 19.5 Å². The summed E-state index contributed by atoms with van der Waals surface area (Å²) in [6.07, 6.45) is -1.75. The van der Waals surface area contributed by atoms with Gasteiger partial charge in [0, 0.05) is 28.9 Å². The highest BCUT2D eigenvalue weighted by Gasteiger charge is 2.33. The summed E-state index contributed by atoms with van der Waals surface area (Å²) < 4.78 is 42.9. The molecule has 0 N–H and O–H groups in total. The topological polar surface area (TPSA) is 60.9 Å². The lowest BCUT2D eigenvalue weighted by Crippen LogP contribution is -2.07. The minimum Gasteiger partial charge on any atom is -0.326 e.